The average Bonchev–Trinajstić information content (AvgIpc) is 1.99. The number of rotatable bonds is 2. The number of carbonyl (C=O) groups excluding carboxylic acids is 1. The van der Waals surface area contributed by atoms with E-state index in [1.165, 1.54) is 4.90 Å². The normalized spacial score (nSPS) is 8.25. The Hall–Kier alpha value is -1.48. The number of amides is 1. The molecule has 0 aromatic carbocycles. The van der Waals surface area contributed by atoms with Crippen molar-refractivity contribution in [2.75, 3.05) is 6.54 Å². The molecule has 0 N–H and O–H groups in total. The van der Waals surface area contributed by atoms with Crippen LogP contribution in [0, 0.1) is 23.2 Å². The van der Waals surface area contributed by atoms with E-state index >= 15 is 0 Å². The third-order valence-electron chi connectivity index (χ3n) is 1.36. The van der Waals surface area contributed by atoms with Crippen LogP contribution in [0.15, 0.2) is 0 Å². The van der Waals surface area contributed by atoms with E-state index in [0.29, 0.717) is 0 Å². The van der Waals surface area contributed by atoms with Gasteiger partial charge < -0.3 is 4.90 Å². The van der Waals surface area contributed by atoms with Gasteiger partial charge in [0.15, 0.2) is 0 Å². The molecule has 0 atom stereocenters. The number of hydrogen-bond donors (Lipinski definition) is 0. The van der Waals surface area contributed by atoms with Crippen LogP contribution in [0.4, 0.5) is 0 Å². The molecule has 12 heavy (non-hydrogen) atoms. The molecule has 3 nitrogen and oxygen atoms in total. The first-order valence-electron chi connectivity index (χ1n) is 3.73. The molecule has 64 valence electrons. The molecule has 0 rings (SSSR count). The van der Waals surface area contributed by atoms with Crippen LogP contribution in [0.2, 0.25) is 0 Å². The lowest BCUT2D eigenvalue weighted by Gasteiger charge is -2.20. The smallest absolute Gasteiger partial charge is 0.299 e. The van der Waals surface area contributed by atoms with Gasteiger partial charge in [0.1, 0.15) is 6.54 Å². The minimum atomic E-state index is -0.283. The van der Waals surface area contributed by atoms with Crippen LogP contribution in [-0.4, -0.2) is 23.4 Å². The average molecular weight is 164 g/mol. The molecule has 0 saturated heterocycles. The highest BCUT2D eigenvalue weighted by Crippen LogP contribution is 1.96. The van der Waals surface area contributed by atoms with Crippen molar-refractivity contribution in [1.82, 2.24) is 4.90 Å². The number of carbonyl (C=O) groups is 1. The lowest BCUT2D eigenvalue weighted by molar-refractivity contribution is -0.126. The Labute approximate surface area is 73.0 Å². The third kappa shape index (κ3) is 3.07. The fourth-order valence-corrected chi connectivity index (χ4v) is 0.744. The lowest BCUT2D eigenvalue weighted by atomic mass is 10.3. The first-order valence-corrected chi connectivity index (χ1v) is 3.73. The van der Waals surface area contributed by atoms with Crippen LogP contribution in [0.3, 0.4) is 0 Å². The van der Waals surface area contributed by atoms with Crippen molar-refractivity contribution in [3.8, 4) is 17.9 Å². The fraction of sp³-hybridized carbons (Fsp3) is 0.556. The Morgan fingerprint density at radius 1 is 1.58 bits per heavy atom. The summed E-state index contributed by atoms with van der Waals surface area (Å²) in [5.41, 5.74) is 0. The van der Waals surface area contributed by atoms with Gasteiger partial charge in [-0.1, -0.05) is 5.92 Å². The van der Waals surface area contributed by atoms with Gasteiger partial charge in [-0.2, -0.15) is 5.26 Å². The van der Waals surface area contributed by atoms with Crippen LogP contribution in [0.1, 0.15) is 20.8 Å². The van der Waals surface area contributed by atoms with Crippen molar-refractivity contribution >= 4 is 5.91 Å². The Morgan fingerprint density at radius 2 is 2.17 bits per heavy atom. The summed E-state index contributed by atoms with van der Waals surface area (Å²) >= 11 is 0. The van der Waals surface area contributed by atoms with Gasteiger partial charge in [-0.05, 0) is 26.7 Å². The highest BCUT2D eigenvalue weighted by molar-refractivity contribution is 5.93. The molecule has 0 spiro atoms. The Balaban J connectivity index is 4.38. The highest BCUT2D eigenvalue weighted by atomic mass is 16.2. The van der Waals surface area contributed by atoms with Crippen molar-refractivity contribution in [3.05, 3.63) is 0 Å². The Kier molecular flexibility index (Phi) is 4.57. The zero-order valence-corrected chi connectivity index (χ0v) is 7.59. The quantitative estimate of drug-likeness (QED) is 0.447. The van der Waals surface area contributed by atoms with Gasteiger partial charge in [0.25, 0.3) is 5.91 Å². The zero-order chi connectivity index (χ0) is 9.56. The second-order valence-electron chi connectivity index (χ2n) is 2.56. The van der Waals surface area contributed by atoms with Gasteiger partial charge in [0.2, 0.25) is 0 Å². The molecule has 1 amide bonds. The molecule has 0 bridgehead atoms. The van der Waals surface area contributed by atoms with E-state index in [9.17, 15) is 4.79 Å². The summed E-state index contributed by atoms with van der Waals surface area (Å²) in [6.07, 6.45) is 0. The molecule has 3 heteroatoms. The first kappa shape index (κ1) is 10.5. The molecular formula is C9H12N2O. The van der Waals surface area contributed by atoms with Crippen molar-refractivity contribution in [2.24, 2.45) is 0 Å². The third-order valence-corrected chi connectivity index (χ3v) is 1.36. The molecular weight excluding hydrogens is 152 g/mol. The summed E-state index contributed by atoms with van der Waals surface area (Å²) in [5.74, 6) is 4.62. The predicted octanol–water partition coefficient (Wildman–Crippen LogP) is 0.770. The molecule has 0 fully saturated rings. The summed E-state index contributed by atoms with van der Waals surface area (Å²) in [7, 11) is 0. The summed E-state index contributed by atoms with van der Waals surface area (Å²) in [5, 5.41) is 8.41. The Morgan fingerprint density at radius 3 is 2.50 bits per heavy atom. The zero-order valence-electron chi connectivity index (χ0n) is 7.59. The summed E-state index contributed by atoms with van der Waals surface area (Å²) < 4.78 is 0. The van der Waals surface area contributed by atoms with Gasteiger partial charge in [0, 0.05) is 6.04 Å². The van der Waals surface area contributed by atoms with Crippen LogP contribution < -0.4 is 0 Å². The first-order chi connectivity index (χ1) is 5.63. The van der Waals surface area contributed by atoms with E-state index in [1.54, 1.807) is 6.92 Å². The molecule has 0 saturated carbocycles. The maximum absolute atomic E-state index is 11.2. The van der Waals surface area contributed by atoms with E-state index < -0.39 is 0 Å². The van der Waals surface area contributed by atoms with Crippen molar-refractivity contribution < 1.29 is 4.79 Å². The van der Waals surface area contributed by atoms with Crippen LogP contribution in [-0.2, 0) is 4.79 Å². The predicted molar refractivity (Wildman–Crippen MR) is 45.9 cm³/mol. The van der Waals surface area contributed by atoms with Gasteiger partial charge in [-0.15, -0.1) is 0 Å². The van der Waals surface area contributed by atoms with Crippen molar-refractivity contribution in [1.29, 1.82) is 5.26 Å². The van der Waals surface area contributed by atoms with Crippen LogP contribution >= 0.6 is 0 Å². The van der Waals surface area contributed by atoms with Gasteiger partial charge in [-0.3, -0.25) is 4.79 Å². The summed E-state index contributed by atoms with van der Waals surface area (Å²) in [6.45, 7) is 5.41. The number of nitrogens with zero attached hydrogens (tertiary/aromatic N) is 2. The molecule has 0 aliphatic heterocycles. The standard InChI is InChI=1S/C9H12N2O/c1-4-5-9(12)11(7-6-10)8(2)3/h8H,7H2,1-3H3. The topological polar surface area (TPSA) is 44.1 Å². The monoisotopic (exact) mass is 164 g/mol. The second kappa shape index (κ2) is 5.21. The number of nitriles is 1. The van der Waals surface area contributed by atoms with Gasteiger partial charge in [-0.25, -0.2) is 0 Å². The Bertz CT molecular complexity index is 252. The molecule has 0 aliphatic rings. The van der Waals surface area contributed by atoms with E-state index in [4.69, 9.17) is 5.26 Å². The molecule has 0 aromatic heterocycles. The molecule has 0 aliphatic carbocycles. The van der Waals surface area contributed by atoms with E-state index in [2.05, 4.69) is 11.8 Å². The largest absolute Gasteiger partial charge is 0.316 e. The van der Waals surface area contributed by atoms with Gasteiger partial charge >= 0.3 is 0 Å². The summed E-state index contributed by atoms with van der Waals surface area (Å²) in [4.78, 5) is 12.6. The van der Waals surface area contributed by atoms with Crippen LogP contribution in [0.5, 0.6) is 0 Å². The maximum Gasteiger partial charge on any atom is 0.299 e. The van der Waals surface area contributed by atoms with E-state index in [0.717, 1.165) is 0 Å². The fourth-order valence-electron chi connectivity index (χ4n) is 0.744. The maximum atomic E-state index is 11.2. The van der Waals surface area contributed by atoms with E-state index in [-0.39, 0.29) is 18.5 Å². The minimum Gasteiger partial charge on any atom is -0.316 e. The highest BCUT2D eigenvalue weighted by Gasteiger charge is 2.13. The van der Waals surface area contributed by atoms with E-state index in [1.807, 2.05) is 19.9 Å². The van der Waals surface area contributed by atoms with Crippen molar-refractivity contribution in [2.45, 2.75) is 26.8 Å². The molecule has 0 radical (unpaired) electrons. The van der Waals surface area contributed by atoms with Crippen LogP contribution in [0.25, 0.3) is 0 Å². The minimum absolute atomic E-state index is 0.0259. The lowest BCUT2D eigenvalue weighted by Crippen LogP contribution is -2.36. The SMILES string of the molecule is CC#CC(=O)N(CC#N)C(C)C. The second-order valence-corrected chi connectivity index (χ2v) is 2.56. The number of hydrogen-bond acceptors (Lipinski definition) is 2. The molecule has 0 unspecified atom stereocenters. The van der Waals surface area contributed by atoms with Crippen molar-refractivity contribution in [3.63, 3.8) is 0 Å². The molecule has 0 heterocycles. The molecule has 0 aromatic rings. The van der Waals surface area contributed by atoms with Gasteiger partial charge in [0.05, 0.1) is 6.07 Å². The summed E-state index contributed by atoms with van der Waals surface area (Å²) in [6, 6.07) is 1.95.